The van der Waals surface area contributed by atoms with Crippen molar-refractivity contribution < 1.29 is 14.3 Å². The third kappa shape index (κ3) is 7.46. The third-order valence-corrected chi connectivity index (χ3v) is 8.40. The minimum absolute atomic E-state index is 0.187. The lowest BCUT2D eigenvalue weighted by molar-refractivity contribution is 0.0206. The molecule has 1 atom stereocenters. The molecule has 3 heterocycles. The van der Waals surface area contributed by atoms with Crippen LogP contribution in [0.25, 0.3) is 11.0 Å². The van der Waals surface area contributed by atoms with Crippen LogP contribution < -0.4 is 5.32 Å². The molecular weight excluding hydrogens is 456 g/mol. The lowest BCUT2D eigenvalue weighted by atomic mass is 10.0. The SMILES string of the molecule is CC(C)(C)OC(=O)N1CCC[C@@H](Nc2ccnc3c2c(CC2CC2)cn3COCC[Si](C)(C)C)C1. The largest absolute Gasteiger partial charge is 0.444 e. The summed E-state index contributed by atoms with van der Waals surface area (Å²) in [6.45, 7) is 15.6. The maximum absolute atomic E-state index is 12.6. The van der Waals surface area contributed by atoms with Crippen LogP contribution >= 0.6 is 0 Å². The van der Waals surface area contributed by atoms with Gasteiger partial charge in [-0.25, -0.2) is 9.78 Å². The topological polar surface area (TPSA) is 68.6 Å². The second-order valence-corrected chi connectivity index (χ2v) is 18.2. The first-order valence-corrected chi connectivity index (χ1v) is 17.0. The molecule has 0 aromatic carbocycles. The van der Waals surface area contributed by atoms with Crippen molar-refractivity contribution in [2.75, 3.05) is 25.0 Å². The number of rotatable bonds is 9. The smallest absolute Gasteiger partial charge is 0.410 e. The molecule has 1 saturated heterocycles. The zero-order chi connectivity index (χ0) is 25.2. The van der Waals surface area contributed by atoms with E-state index in [9.17, 15) is 4.79 Å². The van der Waals surface area contributed by atoms with E-state index < -0.39 is 13.7 Å². The molecule has 2 aromatic rings. The second-order valence-electron chi connectivity index (χ2n) is 12.6. The summed E-state index contributed by atoms with van der Waals surface area (Å²) in [5.74, 6) is 0.784. The first-order chi connectivity index (χ1) is 16.5. The van der Waals surface area contributed by atoms with E-state index >= 15 is 0 Å². The number of hydrogen-bond acceptors (Lipinski definition) is 5. The van der Waals surface area contributed by atoms with Gasteiger partial charge in [0, 0.05) is 57.3 Å². The standard InChI is InChI=1S/C27H44N4O3Si/c1-27(2,3)34-26(32)30-13-7-8-22(18-30)29-23-11-12-28-25-24(23)21(16-20-9-10-20)17-31(25)19-33-14-15-35(4,5)6/h11-12,17,20,22H,7-10,13-16,18-19H2,1-6H3,(H,28,29)/t22-/m1/s1. The van der Waals surface area contributed by atoms with E-state index in [1.54, 1.807) is 0 Å². The van der Waals surface area contributed by atoms with Gasteiger partial charge in [-0.1, -0.05) is 19.6 Å². The fraction of sp³-hybridized carbons (Fsp3) is 0.704. The zero-order valence-electron chi connectivity index (χ0n) is 22.5. The average Bonchev–Trinajstić information content (AvgIpc) is 3.50. The number of aromatic nitrogens is 2. The van der Waals surface area contributed by atoms with Gasteiger partial charge < -0.3 is 24.3 Å². The normalized spacial score (nSPS) is 19.3. The van der Waals surface area contributed by atoms with Gasteiger partial charge in [-0.2, -0.15) is 0 Å². The van der Waals surface area contributed by atoms with Crippen LogP contribution in [0.5, 0.6) is 0 Å². The number of carbonyl (C=O) groups is 1. The molecule has 7 nitrogen and oxygen atoms in total. The summed E-state index contributed by atoms with van der Waals surface area (Å²) in [4.78, 5) is 19.3. The molecular formula is C27H44N4O3Si. The highest BCUT2D eigenvalue weighted by Crippen LogP contribution is 2.37. The predicted octanol–water partition coefficient (Wildman–Crippen LogP) is 6.11. The summed E-state index contributed by atoms with van der Waals surface area (Å²) in [5.41, 5.74) is 2.97. The Labute approximate surface area is 211 Å². The predicted molar refractivity (Wildman–Crippen MR) is 145 cm³/mol. The minimum Gasteiger partial charge on any atom is -0.444 e. The van der Waals surface area contributed by atoms with E-state index in [0.29, 0.717) is 13.3 Å². The number of piperidine rings is 1. The van der Waals surface area contributed by atoms with Crippen LogP contribution in [-0.4, -0.2) is 60.0 Å². The minimum atomic E-state index is -1.12. The Bertz CT molecular complexity index is 1020. The van der Waals surface area contributed by atoms with Crippen LogP contribution in [0.1, 0.15) is 52.0 Å². The van der Waals surface area contributed by atoms with Crippen molar-refractivity contribution in [3.8, 4) is 0 Å². The van der Waals surface area contributed by atoms with Crippen LogP contribution in [0.4, 0.5) is 10.5 Å². The van der Waals surface area contributed by atoms with E-state index in [0.717, 1.165) is 55.7 Å². The van der Waals surface area contributed by atoms with Gasteiger partial charge in [-0.05, 0) is 76.5 Å². The third-order valence-electron chi connectivity index (χ3n) is 6.70. The van der Waals surface area contributed by atoms with Crippen molar-refractivity contribution >= 4 is 30.9 Å². The number of hydrogen-bond donors (Lipinski definition) is 1. The molecule has 1 N–H and O–H groups in total. The van der Waals surface area contributed by atoms with E-state index in [1.165, 1.54) is 23.8 Å². The van der Waals surface area contributed by atoms with E-state index in [-0.39, 0.29) is 12.1 Å². The lowest BCUT2D eigenvalue weighted by Crippen LogP contribution is -2.47. The summed E-state index contributed by atoms with van der Waals surface area (Å²) in [6.07, 6.45) is 9.63. The number of ether oxygens (including phenoxy) is 2. The van der Waals surface area contributed by atoms with E-state index in [2.05, 4.69) is 41.8 Å². The van der Waals surface area contributed by atoms with Gasteiger partial charge in [0.2, 0.25) is 0 Å². The Balaban J connectivity index is 1.50. The summed E-state index contributed by atoms with van der Waals surface area (Å²) in [7, 11) is -1.12. The summed E-state index contributed by atoms with van der Waals surface area (Å²) < 4.78 is 13.9. The number of fused-ring (bicyclic) bond motifs is 1. The van der Waals surface area contributed by atoms with Gasteiger partial charge in [-0.15, -0.1) is 0 Å². The molecule has 2 fully saturated rings. The Morgan fingerprint density at radius 2 is 2.00 bits per heavy atom. The Kier molecular flexibility index (Phi) is 7.81. The number of carbonyl (C=O) groups excluding carboxylic acids is 1. The summed E-state index contributed by atoms with van der Waals surface area (Å²) >= 11 is 0. The quantitative estimate of drug-likeness (QED) is 0.332. The molecule has 1 aliphatic carbocycles. The van der Waals surface area contributed by atoms with Gasteiger partial charge in [0.1, 0.15) is 18.0 Å². The molecule has 1 saturated carbocycles. The van der Waals surface area contributed by atoms with E-state index in [4.69, 9.17) is 14.5 Å². The highest BCUT2D eigenvalue weighted by atomic mass is 28.3. The molecule has 0 radical (unpaired) electrons. The Morgan fingerprint density at radius 3 is 2.69 bits per heavy atom. The highest BCUT2D eigenvalue weighted by molar-refractivity contribution is 6.76. The molecule has 2 aliphatic rings. The van der Waals surface area contributed by atoms with Gasteiger partial charge in [0.05, 0.1) is 0 Å². The van der Waals surface area contributed by atoms with Crippen molar-refractivity contribution in [1.29, 1.82) is 0 Å². The first kappa shape index (κ1) is 26.0. The van der Waals surface area contributed by atoms with Crippen molar-refractivity contribution in [3.63, 3.8) is 0 Å². The summed E-state index contributed by atoms with van der Waals surface area (Å²) in [6, 6.07) is 3.44. The van der Waals surface area contributed by atoms with Crippen LogP contribution in [0.15, 0.2) is 18.5 Å². The molecule has 1 aliphatic heterocycles. The molecule has 1 amide bonds. The number of pyridine rings is 1. The molecule has 194 valence electrons. The number of anilines is 1. The molecule has 0 unspecified atom stereocenters. The Hall–Kier alpha value is -2.06. The van der Waals surface area contributed by atoms with E-state index in [1.807, 2.05) is 31.9 Å². The molecule has 35 heavy (non-hydrogen) atoms. The second kappa shape index (κ2) is 10.5. The van der Waals surface area contributed by atoms with Crippen LogP contribution in [0.2, 0.25) is 25.7 Å². The van der Waals surface area contributed by atoms with Crippen molar-refractivity contribution in [2.24, 2.45) is 5.92 Å². The first-order valence-electron chi connectivity index (χ1n) is 13.3. The Morgan fingerprint density at radius 1 is 1.23 bits per heavy atom. The number of amides is 1. The monoisotopic (exact) mass is 500 g/mol. The highest BCUT2D eigenvalue weighted by Gasteiger charge is 2.29. The van der Waals surface area contributed by atoms with Crippen LogP contribution in [-0.2, 0) is 22.6 Å². The fourth-order valence-corrected chi connectivity index (χ4v) is 5.41. The number of nitrogens with one attached hydrogen (secondary N) is 1. The van der Waals surface area contributed by atoms with Crippen molar-refractivity contribution in [1.82, 2.24) is 14.5 Å². The average molecular weight is 501 g/mol. The summed E-state index contributed by atoms with van der Waals surface area (Å²) in [5, 5.41) is 4.98. The molecule has 4 rings (SSSR count). The fourth-order valence-electron chi connectivity index (χ4n) is 4.65. The maximum Gasteiger partial charge on any atom is 0.410 e. The van der Waals surface area contributed by atoms with Crippen molar-refractivity contribution in [3.05, 3.63) is 24.0 Å². The van der Waals surface area contributed by atoms with Gasteiger partial charge >= 0.3 is 6.09 Å². The molecule has 0 spiro atoms. The van der Waals surface area contributed by atoms with Crippen molar-refractivity contribution in [2.45, 2.75) is 96.9 Å². The molecule has 8 heteroatoms. The van der Waals surface area contributed by atoms with Crippen LogP contribution in [0.3, 0.4) is 0 Å². The number of likely N-dealkylation sites (tertiary alicyclic amines) is 1. The van der Waals surface area contributed by atoms with Gasteiger partial charge in [0.15, 0.2) is 0 Å². The van der Waals surface area contributed by atoms with Gasteiger partial charge in [0.25, 0.3) is 0 Å². The maximum atomic E-state index is 12.6. The van der Waals surface area contributed by atoms with Crippen LogP contribution in [0, 0.1) is 5.92 Å². The molecule has 0 bridgehead atoms. The molecule has 2 aromatic heterocycles. The number of nitrogens with zero attached hydrogens (tertiary/aromatic N) is 3. The zero-order valence-corrected chi connectivity index (χ0v) is 23.5. The lowest BCUT2D eigenvalue weighted by Gasteiger charge is -2.35. The van der Waals surface area contributed by atoms with Gasteiger partial charge in [-0.3, -0.25) is 0 Å².